The zero-order valence-corrected chi connectivity index (χ0v) is 15.6. The molecule has 2 rings (SSSR count). The van der Waals surface area contributed by atoms with Crippen LogP contribution in [0.5, 0.6) is 0 Å². The lowest BCUT2D eigenvalue weighted by atomic mass is 10.1. The van der Waals surface area contributed by atoms with Gasteiger partial charge in [-0.2, -0.15) is 0 Å². The van der Waals surface area contributed by atoms with Crippen LogP contribution in [0.25, 0.3) is 0 Å². The predicted octanol–water partition coefficient (Wildman–Crippen LogP) is 3.77. The van der Waals surface area contributed by atoms with Crippen LogP contribution in [0.15, 0.2) is 58.3 Å². The summed E-state index contributed by atoms with van der Waals surface area (Å²) in [5, 5.41) is 3.30. The van der Waals surface area contributed by atoms with Crippen molar-refractivity contribution in [3.8, 4) is 0 Å². The molecule has 0 saturated carbocycles. The third kappa shape index (κ3) is 5.69. The number of hydrogen-bond acceptors (Lipinski definition) is 4. The van der Waals surface area contributed by atoms with E-state index >= 15 is 0 Å². The van der Waals surface area contributed by atoms with Gasteiger partial charge in [0.15, 0.2) is 9.84 Å². The van der Waals surface area contributed by atoms with Gasteiger partial charge in [-0.15, -0.1) is 11.8 Å². The number of nitrogens with one attached hydrogen (secondary N) is 1. The molecule has 2 aromatic rings. The van der Waals surface area contributed by atoms with E-state index in [9.17, 15) is 13.2 Å². The maximum absolute atomic E-state index is 12.1. The summed E-state index contributed by atoms with van der Waals surface area (Å²) in [5.41, 5.74) is 1.52. The minimum Gasteiger partial charge on any atom is -0.326 e. The molecular weight excluding hydrogens is 342 g/mol. The van der Waals surface area contributed by atoms with Crippen LogP contribution >= 0.6 is 11.8 Å². The van der Waals surface area contributed by atoms with Crippen molar-refractivity contribution < 1.29 is 13.2 Å². The smallest absolute Gasteiger partial charge is 0.228 e. The third-order valence-corrected chi connectivity index (χ3v) is 5.37. The highest BCUT2D eigenvalue weighted by molar-refractivity contribution is 7.99. The lowest BCUT2D eigenvalue weighted by Crippen LogP contribution is -2.14. The summed E-state index contributed by atoms with van der Waals surface area (Å²) in [6.45, 7) is 4.28. The first-order chi connectivity index (χ1) is 11.2. The predicted molar refractivity (Wildman–Crippen MR) is 99.3 cm³/mol. The maximum Gasteiger partial charge on any atom is 0.228 e. The Hall–Kier alpha value is -1.79. The molecule has 128 valence electrons. The molecule has 24 heavy (non-hydrogen) atoms. The number of hydrogen-bond donors (Lipinski definition) is 1. The standard InChI is InChI=1S/C18H21NO3S2/c1-13(2)23-16-8-4-14(5-9-16)12-18(20)19-15-6-10-17(11-7-15)24(3,21)22/h4-11,13H,12H2,1-3H3,(H,19,20). The Labute approximate surface area is 147 Å². The molecule has 0 unspecified atom stereocenters. The SMILES string of the molecule is CC(C)Sc1ccc(CC(=O)Nc2ccc(S(C)(=O)=O)cc2)cc1. The van der Waals surface area contributed by atoms with Gasteiger partial charge in [0.2, 0.25) is 5.91 Å². The van der Waals surface area contributed by atoms with Crippen molar-refractivity contribution in [2.45, 2.75) is 35.3 Å². The Balaban J connectivity index is 1.95. The largest absolute Gasteiger partial charge is 0.326 e. The highest BCUT2D eigenvalue weighted by atomic mass is 32.2. The van der Waals surface area contributed by atoms with Gasteiger partial charge in [-0.3, -0.25) is 4.79 Å². The molecule has 0 aliphatic carbocycles. The molecule has 0 fully saturated rings. The molecule has 1 N–H and O–H groups in total. The first-order valence-electron chi connectivity index (χ1n) is 7.59. The quantitative estimate of drug-likeness (QED) is 0.794. The van der Waals surface area contributed by atoms with Crippen molar-refractivity contribution in [2.24, 2.45) is 0 Å². The molecule has 0 bridgehead atoms. The normalized spacial score (nSPS) is 11.5. The van der Waals surface area contributed by atoms with Crippen molar-refractivity contribution in [3.63, 3.8) is 0 Å². The second-order valence-electron chi connectivity index (χ2n) is 5.83. The Morgan fingerprint density at radius 3 is 2.12 bits per heavy atom. The average Bonchev–Trinajstić information content (AvgIpc) is 2.48. The minimum absolute atomic E-state index is 0.133. The molecule has 0 radical (unpaired) electrons. The fourth-order valence-corrected chi connectivity index (χ4v) is 3.60. The van der Waals surface area contributed by atoms with Gasteiger partial charge in [-0.25, -0.2) is 8.42 Å². The zero-order chi connectivity index (χ0) is 17.7. The van der Waals surface area contributed by atoms with E-state index in [4.69, 9.17) is 0 Å². The molecule has 2 aromatic carbocycles. The van der Waals surface area contributed by atoms with Crippen molar-refractivity contribution in [1.29, 1.82) is 0 Å². The lowest BCUT2D eigenvalue weighted by Gasteiger charge is -2.08. The molecule has 0 atom stereocenters. The van der Waals surface area contributed by atoms with Gasteiger partial charge in [0, 0.05) is 22.1 Å². The summed E-state index contributed by atoms with van der Waals surface area (Å²) in [7, 11) is -3.22. The fourth-order valence-electron chi connectivity index (χ4n) is 2.13. The molecular formula is C18H21NO3S2. The van der Waals surface area contributed by atoms with Gasteiger partial charge in [0.1, 0.15) is 0 Å². The Morgan fingerprint density at radius 1 is 1.04 bits per heavy atom. The first-order valence-corrected chi connectivity index (χ1v) is 10.4. The summed E-state index contributed by atoms with van der Waals surface area (Å²) in [5.74, 6) is -0.133. The van der Waals surface area contributed by atoms with Crippen LogP contribution in [0.1, 0.15) is 19.4 Å². The fraction of sp³-hybridized carbons (Fsp3) is 0.278. The number of carbonyl (C=O) groups is 1. The summed E-state index contributed by atoms with van der Waals surface area (Å²) >= 11 is 1.78. The third-order valence-electron chi connectivity index (χ3n) is 3.23. The molecule has 0 aliphatic rings. The molecule has 0 spiro atoms. The minimum atomic E-state index is -3.22. The van der Waals surface area contributed by atoms with Gasteiger partial charge >= 0.3 is 0 Å². The summed E-state index contributed by atoms with van der Waals surface area (Å²) in [6.07, 6.45) is 1.43. The summed E-state index contributed by atoms with van der Waals surface area (Å²) < 4.78 is 22.8. The number of rotatable bonds is 6. The monoisotopic (exact) mass is 363 g/mol. The molecule has 1 amide bonds. The molecule has 6 heteroatoms. The highest BCUT2D eigenvalue weighted by Gasteiger charge is 2.08. The zero-order valence-electron chi connectivity index (χ0n) is 13.9. The van der Waals surface area contributed by atoms with Crippen LogP contribution in [-0.2, 0) is 21.1 Å². The van der Waals surface area contributed by atoms with E-state index < -0.39 is 9.84 Å². The van der Waals surface area contributed by atoms with E-state index in [1.165, 1.54) is 17.0 Å². The van der Waals surface area contributed by atoms with E-state index in [2.05, 4.69) is 19.2 Å². The summed E-state index contributed by atoms with van der Waals surface area (Å²) in [6, 6.07) is 14.1. The molecule has 0 aliphatic heterocycles. The molecule has 0 saturated heterocycles. The van der Waals surface area contributed by atoms with E-state index in [0.29, 0.717) is 10.9 Å². The van der Waals surface area contributed by atoms with Crippen LogP contribution in [-0.4, -0.2) is 25.8 Å². The van der Waals surface area contributed by atoms with Gasteiger partial charge in [-0.05, 0) is 42.0 Å². The van der Waals surface area contributed by atoms with Crippen molar-refractivity contribution in [3.05, 3.63) is 54.1 Å². The average molecular weight is 364 g/mol. The molecule has 0 heterocycles. The number of benzene rings is 2. The lowest BCUT2D eigenvalue weighted by molar-refractivity contribution is -0.115. The second-order valence-corrected chi connectivity index (χ2v) is 9.50. The number of carbonyl (C=O) groups excluding carboxylic acids is 1. The van der Waals surface area contributed by atoms with Crippen molar-refractivity contribution >= 4 is 33.2 Å². The molecule has 4 nitrogen and oxygen atoms in total. The number of thioether (sulfide) groups is 1. The highest BCUT2D eigenvalue weighted by Crippen LogP contribution is 2.23. The maximum atomic E-state index is 12.1. The van der Waals surface area contributed by atoms with Crippen LogP contribution in [0.3, 0.4) is 0 Å². The van der Waals surface area contributed by atoms with E-state index in [-0.39, 0.29) is 17.2 Å². The van der Waals surface area contributed by atoms with E-state index in [1.807, 2.05) is 24.3 Å². The summed E-state index contributed by atoms with van der Waals surface area (Å²) in [4.78, 5) is 13.5. The molecule has 0 aromatic heterocycles. The Bertz CT molecular complexity index is 795. The van der Waals surface area contributed by atoms with Gasteiger partial charge in [0.05, 0.1) is 11.3 Å². The Morgan fingerprint density at radius 2 is 1.62 bits per heavy atom. The number of sulfone groups is 1. The first kappa shape index (κ1) is 18.5. The van der Waals surface area contributed by atoms with E-state index in [0.717, 1.165) is 11.8 Å². The Kier molecular flexibility index (Phi) is 6.07. The van der Waals surface area contributed by atoms with Crippen LogP contribution in [0.4, 0.5) is 5.69 Å². The van der Waals surface area contributed by atoms with Crippen LogP contribution in [0.2, 0.25) is 0 Å². The second kappa shape index (κ2) is 7.85. The topological polar surface area (TPSA) is 63.2 Å². The van der Waals surface area contributed by atoms with Crippen molar-refractivity contribution in [2.75, 3.05) is 11.6 Å². The van der Waals surface area contributed by atoms with Gasteiger partial charge in [-0.1, -0.05) is 26.0 Å². The van der Waals surface area contributed by atoms with Crippen LogP contribution in [0, 0.1) is 0 Å². The number of amides is 1. The van der Waals surface area contributed by atoms with Gasteiger partial charge in [0.25, 0.3) is 0 Å². The van der Waals surface area contributed by atoms with E-state index in [1.54, 1.807) is 23.9 Å². The van der Waals surface area contributed by atoms with Crippen LogP contribution < -0.4 is 5.32 Å². The van der Waals surface area contributed by atoms with Gasteiger partial charge < -0.3 is 5.32 Å². The van der Waals surface area contributed by atoms with Crippen molar-refractivity contribution in [1.82, 2.24) is 0 Å². The number of anilines is 1.